The van der Waals surface area contributed by atoms with Gasteiger partial charge in [0, 0.05) is 5.92 Å². The maximum Gasteiger partial charge on any atom is 0.313 e. The first-order valence-corrected chi connectivity index (χ1v) is 8.50. The molecule has 0 radical (unpaired) electrons. The first-order valence-electron chi connectivity index (χ1n) is 8.50. The standard InChI is InChI=1S/C20H28O4/c1-13-7-9-16-15(6-5-11-20(3,4)23)12-24-19(22)18(16)14(2)8-10-17(13)21/h5-6,11,16-18,21,23H,1-2,7-10,12H2,3-4H3/b11-5+,15-6?/t16-,17+,18+/m1/s1. The Morgan fingerprint density at radius 3 is 2.54 bits per heavy atom. The van der Waals surface area contributed by atoms with Gasteiger partial charge in [0.2, 0.25) is 0 Å². The van der Waals surface area contributed by atoms with Crippen LogP contribution in [0.2, 0.25) is 0 Å². The van der Waals surface area contributed by atoms with Gasteiger partial charge in [-0.05, 0) is 50.7 Å². The minimum Gasteiger partial charge on any atom is -0.461 e. The molecule has 1 aliphatic heterocycles. The van der Waals surface area contributed by atoms with Gasteiger partial charge in [-0.25, -0.2) is 0 Å². The maximum absolute atomic E-state index is 12.3. The van der Waals surface area contributed by atoms with E-state index in [1.807, 2.05) is 12.2 Å². The Morgan fingerprint density at radius 2 is 1.88 bits per heavy atom. The Hall–Kier alpha value is -1.65. The number of carbonyl (C=O) groups excluding carboxylic acids is 1. The zero-order valence-corrected chi connectivity index (χ0v) is 14.6. The van der Waals surface area contributed by atoms with Crippen molar-refractivity contribution in [2.45, 2.75) is 51.2 Å². The molecule has 0 amide bonds. The summed E-state index contributed by atoms with van der Waals surface area (Å²) in [7, 11) is 0. The van der Waals surface area contributed by atoms with Crippen LogP contribution in [0.25, 0.3) is 0 Å². The first kappa shape index (κ1) is 18.7. The normalized spacial score (nSPS) is 31.4. The molecular weight excluding hydrogens is 304 g/mol. The molecule has 0 unspecified atom stereocenters. The minimum absolute atomic E-state index is 0.00672. The van der Waals surface area contributed by atoms with Crippen LogP contribution in [0.5, 0.6) is 0 Å². The molecule has 2 N–H and O–H groups in total. The number of fused-ring (bicyclic) bond motifs is 1. The number of allylic oxidation sites excluding steroid dienone is 2. The topological polar surface area (TPSA) is 66.8 Å². The highest BCUT2D eigenvalue weighted by Gasteiger charge is 2.39. The second-order valence-corrected chi connectivity index (χ2v) is 7.36. The van der Waals surface area contributed by atoms with Crippen LogP contribution >= 0.6 is 0 Å². The van der Waals surface area contributed by atoms with Crippen molar-refractivity contribution in [1.29, 1.82) is 0 Å². The lowest BCUT2D eigenvalue weighted by molar-refractivity contribution is -0.151. The van der Waals surface area contributed by atoms with Gasteiger partial charge in [-0.15, -0.1) is 0 Å². The molecule has 4 nitrogen and oxygen atoms in total. The Balaban J connectivity index is 2.30. The number of aliphatic hydroxyl groups is 2. The molecule has 24 heavy (non-hydrogen) atoms. The summed E-state index contributed by atoms with van der Waals surface area (Å²) in [6.07, 6.45) is 7.44. The largest absolute Gasteiger partial charge is 0.461 e. The molecule has 4 heteroatoms. The van der Waals surface area contributed by atoms with E-state index in [-0.39, 0.29) is 24.4 Å². The van der Waals surface area contributed by atoms with Crippen LogP contribution in [0.3, 0.4) is 0 Å². The van der Waals surface area contributed by atoms with Crippen LogP contribution in [0.4, 0.5) is 0 Å². The number of hydrogen-bond donors (Lipinski definition) is 2. The minimum atomic E-state index is -0.887. The van der Waals surface area contributed by atoms with Gasteiger partial charge in [0.15, 0.2) is 0 Å². The van der Waals surface area contributed by atoms with Crippen molar-refractivity contribution in [3.8, 4) is 0 Å². The van der Waals surface area contributed by atoms with E-state index in [9.17, 15) is 15.0 Å². The molecule has 2 aliphatic rings. The number of carbonyl (C=O) groups is 1. The van der Waals surface area contributed by atoms with Gasteiger partial charge in [-0.1, -0.05) is 37.0 Å². The van der Waals surface area contributed by atoms with Crippen LogP contribution in [-0.4, -0.2) is 34.5 Å². The van der Waals surface area contributed by atoms with E-state index in [1.54, 1.807) is 19.9 Å². The Morgan fingerprint density at radius 1 is 1.21 bits per heavy atom. The van der Waals surface area contributed by atoms with E-state index < -0.39 is 11.7 Å². The van der Waals surface area contributed by atoms with Crippen molar-refractivity contribution in [1.82, 2.24) is 0 Å². The first-order chi connectivity index (χ1) is 11.2. The molecule has 132 valence electrons. The van der Waals surface area contributed by atoms with Crippen molar-refractivity contribution in [2.24, 2.45) is 11.8 Å². The summed E-state index contributed by atoms with van der Waals surface area (Å²) in [6.45, 7) is 11.7. The maximum atomic E-state index is 12.3. The summed E-state index contributed by atoms with van der Waals surface area (Å²) in [5.74, 6) is -0.582. The molecule has 1 saturated heterocycles. The van der Waals surface area contributed by atoms with E-state index in [1.165, 1.54) is 0 Å². The highest BCUT2D eigenvalue weighted by molar-refractivity contribution is 5.78. The smallest absolute Gasteiger partial charge is 0.313 e. The van der Waals surface area contributed by atoms with E-state index in [0.29, 0.717) is 19.3 Å². The summed E-state index contributed by atoms with van der Waals surface area (Å²) in [5, 5.41) is 19.9. The number of aliphatic hydroxyl groups excluding tert-OH is 1. The van der Waals surface area contributed by atoms with Crippen molar-refractivity contribution in [3.63, 3.8) is 0 Å². The molecule has 0 spiro atoms. The molecular formula is C20H28O4. The van der Waals surface area contributed by atoms with Crippen LogP contribution < -0.4 is 0 Å². The molecule has 1 aliphatic carbocycles. The fourth-order valence-corrected chi connectivity index (χ4v) is 3.30. The molecule has 2 rings (SSSR count). The lowest BCUT2D eigenvalue weighted by Crippen LogP contribution is -2.35. The number of cyclic esters (lactones) is 1. The number of ether oxygens (including phenoxy) is 1. The molecule has 2 fully saturated rings. The van der Waals surface area contributed by atoms with E-state index in [4.69, 9.17) is 4.74 Å². The number of rotatable bonds is 2. The zero-order valence-electron chi connectivity index (χ0n) is 14.6. The average Bonchev–Trinajstić information content (AvgIpc) is 2.54. The predicted molar refractivity (Wildman–Crippen MR) is 94.2 cm³/mol. The monoisotopic (exact) mass is 332 g/mol. The van der Waals surface area contributed by atoms with Crippen LogP contribution in [0.15, 0.2) is 48.1 Å². The summed E-state index contributed by atoms with van der Waals surface area (Å²) < 4.78 is 5.35. The van der Waals surface area contributed by atoms with Crippen molar-refractivity contribution >= 4 is 5.97 Å². The van der Waals surface area contributed by atoms with Gasteiger partial charge in [-0.3, -0.25) is 4.79 Å². The van der Waals surface area contributed by atoms with Crippen LogP contribution in [-0.2, 0) is 9.53 Å². The van der Waals surface area contributed by atoms with Crippen molar-refractivity contribution < 1.29 is 19.7 Å². The Labute approximate surface area is 144 Å². The van der Waals surface area contributed by atoms with Gasteiger partial charge in [0.25, 0.3) is 0 Å². The van der Waals surface area contributed by atoms with Gasteiger partial charge >= 0.3 is 5.97 Å². The second kappa shape index (κ2) is 7.49. The Bertz CT molecular complexity index is 577. The number of hydrogen-bond acceptors (Lipinski definition) is 4. The lowest BCUT2D eigenvalue weighted by Gasteiger charge is -2.33. The summed E-state index contributed by atoms with van der Waals surface area (Å²) >= 11 is 0. The molecule has 0 aromatic carbocycles. The molecule has 1 saturated carbocycles. The lowest BCUT2D eigenvalue weighted by atomic mass is 9.76. The van der Waals surface area contributed by atoms with Crippen molar-refractivity contribution in [2.75, 3.05) is 6.61 Å². The quantitative estimate of drug-likeness (QED) is 0.602. The fraction of sp³-hybridized carbons (Fsp3) is 0.550. The summed E-state index contributed by atoms with van der Waals surface area (Å²) in [5.41, 5.74) is 1.76. The SMILES string of the molecule is C=C1CC[C@H](O)C(=C)CC[C@@H]2C(=C/C=C/C(C)(C)O)COC(=O)[C@@H]12. The molecule has 0 aromatic rings. The van der Waals surface area contributed by atoms with E-state index >= 15 is 0 Å². The van der Waals surface area contributed by atoms with Crippen molar-refractivity contribution in [3.05, 3.63) is 48.1 Å². The second-order valence-electron chi connectivity index (χ2n) is 7.36. The molecule has 1 heterocycles. The Kier molecular flexibility index (Phi) is 5.83. The zero-order chi connectivity index (χ0) is 17.9. The average molecular weight is 332 g/mol. The summed E-state index contributed by atoms with van der Waals surface area (Å²) in [6, 6.07) is 0. The summed E-state index contributed by atoms with van der Waals surface area (Å²) in [4.78, 5) is 12.3. The highest BCUT2D eigenvalue weighted by Crippen LogP contribution is 2.39. The third kappa shape index (κ3) is 4.68. The predicted octanol–water partition coefficient (Wildman–Crippen LogP) is 3.08. The molecule has 3 atom stereocenters. The van der Waals surface area contributed by atoms with E-state index in [2.05, 4.69) is 13.2 Å². The van der Waals surface area contributed by atoms with Gasteiger partial charge in [0.05, 0.1) is 17.6 Å². The van der Waals surface area contributed by atoms with Gasteiger partial charge in [0.1, 0.15) is 6.61 Å². The fourth-order valence-electron chi connectivity index (χ4n) is 3.30. The molecule has 0 bridgehead atoms. The van der Waals surface area contributed by atoms with Crippen LogP contribution in [0, 0.1) is 11.8 Å². The van der Waals surface area contributed by atoms with Gasteiger partial charge < -0.3 is 14.9 Å². The third-order valence-corrected chi connectivity index (χ3v) is 4.75. The van der Waals surface area contributed by atoms with Gasteiger partial charge in [-0.2, -0.15) is 0 Å². The molecule has 0 aromatic heterocycles. The van der Waals surface area contributed by atoms with E-state index in [0.717, 1.165) is 23.1 Å². The number of esters is 1. The third-order valence-electron chi connectivity index (χ3n) is 4.75. The van der Waals surface area contributed by atoms with Crippen LogP contribution in [0.1, 0.15) is 39.5 Å². The highest BCUT2D eigenvalue weighted by atomic mass is 16.5.